The molecule has 3 nitrogen and oxygen atoms in total. The van der Waals surface area contributed by atoms with Gasteiger partial charge in [-0.3, -0.25) is 0 Å². The van der Waals surface area contributed by atoms with Gasteiger partial charge in [0.1, 0.15) is 6.26 Å². The van der Waals surface area contributed by atoms with Gasteiger partial charge in [-0.1, -0.05) is 23.7 Å². The highest BCUT2D eigenvalue weighted by Gasteiger charge is 2.11. The second-order valence-corrected chi connectivity index (χ2v) is 4.61. The number of oxazole rings is 1. The first-order valence-electron chi connectivity index (χ1n) is 4.69. The highest BCUT2D eigenvalue weighted by Crippen LogP contribution is 2.35. The van der Waals surface area contributed by atoms with E-state index >= 15 is 0 Å². The van der Waals surface area contributed by atoms with E-state index < -0.39 is 0 Å². The number of hydrogen-bond acceptors (Lipinski definition) is 4. The zero-order valence-corrected chi connectivity index (χ0v) is 10.2. The molecule has 2 rings (SSSR count). The second kappa shape index (κ2) is 4.91. The number of rotatable bonds is 3. The van der Waals surface area contributed by atoms with Gasteiger partial charge in [0.2, 0.25) is 0 Å². The number of nitrogens with zero attached hydrogens (tertiary/aromatic N) is 1. The fraction of sp³-hybridized carbons (Fsp3) is 0.182. The largest absolute Gasteiger partial charge is 0.439 e. The maximum Gasteiger partial charge on any atom is 0.260 e. The molecule has 0 aliphatic rings. The molecule has 0 aliphatic heterocycles. The third-order valence-electron chi connectivity index (χ3n) is 2.01. The van der Waals surface area contributed by atoms with E-state index in [1.807, 2.05) is 13.0 Å². The summed E-state index contributed by atoms with van der Waals surface area (Å²) in [5.74, 6) is 0. The van der Waals surface area contributed by atoms with Crippen molar-refractivity contribution >= 4 is 23.4 Å². The fourth-order valence-electron chi connectivity index (χ4n) is 1.26. The van der Waals surface area contributed by atoms with Crippen LogP contribution in [0.25, 0.3) is 0 Å². The van der Waals surface area contributed by atoms with E-state index in [0.717, 1.165) is 16.2 Å². The molecule has 0 saturated carbocycles. The van der Waals surface area contributed by atoms with Crippen molar-refractivity contribution in [2.75, 3.05) is 0 Å². The number of aryl methyl sites for hydroxylation is 1. The number of aliphatic hydroxyl groups is 1. The van der Waals surface area contributed by atoms with Gasteiger partial charge in [-0.15, -0.1) is 0 Å². The lowest BCUT2D eigenvalue weighted by Crippen LogP contribution is -1.88. The molecule has 84 valence electrons. The molecule has 0 radical (unpaired) electrons. The first-order chi connectivity index (χ1) is 7.70. The lowest BCUT2D eigenvalue weighted by atomic mass is 10.2. The topological polar surface area (TPSA) is 46.3 Å². The predicted octanol–water partition coefficient (Wildman–Crippen LogP) is 3.28. The molecule has 1 heterocycles. The predicted molar refractivity (Wildman–Crippen MR) is 62.7 cm³/mol. The summed E-state index contributed by atoms with van der Waals surface area (Å²) in [6.45, 7) is 1.80. The zero-order valence-electron chi connectivity index (χ0n) is 8.61. The lowest BCUT2D eigenvalue weighted by Gasteiger charge is -2.06. The molecule has 0 fully saturated rings. The number of aromatic nitrogens is 1. The van der Waals surface area contributed by atoms with Crippen molar-refractivity contribution in [3.05, 3.63) is 40.7 Å². The Hall–Kier alpha value is -0.970. The van der Waals surface area contributed by atoms with E-state index in [2.05, 4.69) is 4.98 Å². The van der Waals surface area contributed by atoms with Crippen LogP contribution in [0.2, 0.25) is 5.02 Å². The number of aliphatic hydroxyl groups excluding tert-OH is 1. The van der Waals surface area contributed by atoms with Crippen LogP contribution in [0, 0.1) is 6.92 Å². The highest BCUT2D eigenvalue weighted by atomic mass is 35.5. The van der Waals surface area contributed by atoms with Gasteiger partial charge in [-0.25, -0.2) is 4.98 Å². The van der Waals surface area contributed by atoms with Crippen molar-refractivity contribution in [1.29, 1.82) is 0 Å². The monoisotopic (exact) mass is 255 g/mol. The van der Waals surface area contributed by atoms with Crippen LogP contribution >= 0.6 is 23.4 Å². The van der Waals surface area contributed by atoms with E-state index in [-0.39, 0.29) is 6.61 Å². The molecule has 0 unspecified atom stereocenters. The van der Waals surface area contributed by atoms with Crippen molar-refractivity contribution in [3.63, 3.8) is 0 Å². The number of hydrogen-bond donors (Lipinski definition) is 1. The van der Waals surface area contributed by atoms with E-state index in [0.29, 0.717) is 10.2 Å². The van der Waals surface area contributed by atoms with Crippen molar-refractivity contribution in [2.24, 2.45) is 0 Å². The maximum absolute atomic E-state index is 9.20. The Morgan fingerprint density at radius 2 is 2.31 bits per heavy atom. The highest BCUT2D eigenvalue weighted by molar-refractivity contribution is 7.99. The minimum absolute atomic E-state index is 0.0530. The fourth-order valence-corrected chi connectivity index (χ4v) is 2.46. The molecule has 0 bridgehead atoms. The van der Waals surface area contributed by atoms with Crippen LogP contribution in [0.1, 0.15) is 11.3 Å². The summed E-state index contributed by atoms with van der Waals surface area (Å²) in [5.41, 5.74) is 1.59. The maximum atomic E-state index is 9.20. The molecule has 16 heavy (non-hydrogen) atoms. The summed E-state index contributed by atoms with van der Waals surface area (Å²) in [6.07, 6.45) is 1.58. The van der Waals surface area contributed by atoms with Crippen molar-refractivity contribution in [2.45, 2.75) is 23.6 Å². The number of benzene rings is 1. The van der Waals surface area contributed by atoms with Gasteiger partial charge in [0.15, 0.2) is 0 Å². The average Bonchev–Trinajstić information content (AvgIpc) is 2.67. The van der Waals surface area contributed by atoms with Gasteiger partial charge >= 0.3 is 0 Å². The van der Waals surface area contributed by atoms with Crippen molar-refractivity contribution in [3.8, 4) is 0 Å². The standard InChI is InChI=1S/C11H10ClNO2S/c1-7-6-15-11(13-7)16-10-8(5-14)3-2-4-9(10)12/h2-4,6,14H,5H2,1H3. The number of halogens is 1. The summed E-state index contributed by atoms with van der Waals surface area (Å²) in [7, 11) is 0. The van der Waals surface area contributed by atoms with Crippen LogP contribution < -0.4 is 0 Å². The Balaban J connectivity index is 2.33. The van der Waals surface area contributed by atoms with E-state index in [9.17, 15) is 5.11 Å². The Morgan fingerprint density at radius 1 is 1.50 bits per heavy atom. The molecule has 0 atom stereocenters. The SMILES string of the molecule is Cc1coc(Sc2c(Cl)cccc2CO)n1. The summed E-state index contributed by atoms with van der Waals surface area (Å²) in [4.78, 5) is 4.96. The Labute approximate surface area is 102 Å². The molecule has 5 heteroatoms. The normalized spacial score (nSPS) is 10.7. The molecule has 0 saturated heterocycles. The van der Waals surface area contributed by atoms with Crippen molar-refractivity contribution in [1.82, 2.24) is 4.98 Å². The Bertz CT molecular complexity index is 498. The average molecular weight is 256 g/mol. The molecular weight excluding hydrogens is 246 g/mol. The molecule has 1 aromatic heterocycles. The molecule has 1 N–H and O–H groups in total. The van der Waals surface area contributed by atoms with Gasteiger partial charge in [0.25, 0.3) is 5.22 Å². The van der Waals surface area contributed by atoms with Crippen LogP contribution in [0.5, 0.6) is 0 Å². The van der Waals surface area contributed by atoms with Crippen LogP contribution in [0.3, 0.4) is 0 Å². The lowest BCUT2D eigenvalue weighted by molar-refractivity contribution is 0.279. The van der Waals surface area contributed by atoms with E-state index in [1.165, 1.54) is 11.8 Å². The molecule has 1 aromatic carbocycles. The van der Waals surface area contributed by atoms with Gasteiger partial charge in [0, 0.05) is 4.90 Å². The van der Waals surface area contributed by atoms with Crippen LogP contribution in [0.15, 0.2) is 39.0 Å². The molecular formula is C11H10ClNO2S. The van der Waals surface area contributed by atoms with Gasteiger partial charge in [0.05, 0.1) is 17.3 Å². The van der Waals surface area contributed by atoms with Gasteiger partial charge < -0.3 is 9.52 Å². The van der Waals surface area contributed by atoms with Gasteiger partial charge in [-0.05, 0) is 30.3 Å². The second-order valence-electron chi connectivity index (χ2n) is 3.24. The minimum atomic E-state index is -0.0530. The Morgan fingerprint density at radius 3 is 2.94 bits per heavy atom. The molecule has 0 amide bonds. The summed E-state index contributed by atoms with van der Waals surface area (Å²) >= 11 is 7.38. The summed E-state index contributed by atoms with van der Waals surface area (Å²) in [5, 5.41) is 10.3. The van der Waals surface area contributed by atoms with Crippen molar-refractivity contribution < 1.29 is 9.52 Å². The third kappa shape index (κ3) is 2.40. The molecule has 2 aromatic rings. The molecule has 0 spiro atoms. The van der Waals surface area contributed by atoms with Gasteiger partial charge in [-0.2, -0.15) is 0 Å². The van der Waals surface area contributed by atoms with Crippen LogP contribution in [-0.4, -0.2) is 10.1 Å². The first-order valence-corrected chi connectivity index (χ1v) is 5.88. The molecule has 0 aliphatic carbocycles. The third-order valence-corrected chi connectivity index (χ3v) is 3.48. The first kappa shape index (κ1) is 11.5. The Kier molecular flexibility index (Phi) is 3.53. The smallest absolute Gasteiger partial charge is 0.260 e. The van der Waals surface area contributed by atoms with E-state index in [1.54, 1.807) is 18.4 Å². The summed E-state index contributed by atoms with van der Waals surface area (Å²) in [6, 6.07) is 5.40. The zero-order chi connectivity index (χ0) is 11.5. The summed E-state index contributed by atoms with van der Waals surface area (Å²) < 4.78 is 5.23. The van der Waals surface area contributed by atoms with E-state index in [4.69, 9.17) is 16.0 Å². The minimum Gasteiger partial charge on any atom is -0.439 e. The quantitative estimate of drug-likeness (QED) is 0.914. The van der Waals surface area contributed by atoms with Crippen LogP contribution in [0.4, 0.5) is 0 Å². The van der Waals surface area contributed by atoms with Crippen LogP contribution in [-0.2, 0) is 6.61 Å².